The van der Waals surface area contributed by atoms with Crippen LogP contribution in [0.3, 0.4) is 0 Å². The Balaban J connectivity index is 1.82. The van der Waals surface area contributed by atoms with Gasteiger partial charge in [-0.15, -0.1) is 0 Å². The Kier molecular flexibility index (Phi) is 5.40. The summed E-state index contributed by atoms with van der Waals surface area (Å²) in [7, 11) is 0. The van der Waals surface area contributed by atoms with Crippen molar-refractivity contribution < 1.29 is 4.79 Å². The van der Waals surface area contributed by atoms with Crippen molar-refractivity contribution in [2.75, 3.05) is 26.2 Å². The number of piperidine rings is 1. The van der Waals surface area contributed by atoms with Gasteiger partial charge in [0.15, 0.2) is 0 Å². The van der Waals surface area contributed by atoms with Gasteiger partial charge in [0.1, 0.15) is 0 Å². The van der Waals surface area contributed by atoms with E-state index in [1.165, 1.54) is 32.4 Å². The normalized spacial score (nSPS) is 16.3. The van der Waals surface area contributed by atoms with Crippen LogP contribution in [0.1, 0.15) is 35.2 Å². The summed E-state index contributed by atoms with van der Waals surface area (Å²) in [6.45, 7) is 5.99. The average Bonchev–Trinajstić information content (AvgIpc) is 2.42. The second kappa shape index (κ2) is 7.06. The van der Waals surface area contributed by atoms with Crippen LogP contribution in [0, 0.1) is 6.92 Å². The minimum Gasteiger partial charge on any atom is -0.351 e. The Morgan fingerprint density at radius 3 is 2.79 bits per heavy atom. The number of hydrogen-bond donors (Lipinski definition) is 1. The third kappa shape index (κ3) is 4.32. The lowest BCUT2D eigenvalue weighted by Gasteiger charge is -2.26. The molecule has 1 saturated heterocycles. The van der Waals surface area contributed by atoms with Gasteiger partial charge in [0.05, 0.1) is 0 Å². The SMILES string of the molecule is Cc1ccc(Br)cc1C(=O)NCCN1CCCCC1. The number of benzene rings is 1. The summed E-state index contributed by atoms with van der Waals surface area (Å²) in [5, 5.41) is 3.01. The molecule has 0 spiro atoms. The number of amides is 1. The molecule has 1 fully saturated rings. The van der Waals surface area contributed by atoms with Crippen LogP contribution in [0.25, 0.3) is 0 Å². The number of hydrogen-bond acceptors (Lipinski definition) is 2. The van der Waals surface area contributed by atoms with E-state index in [2.05, 4.69) is 26.1 Å². The highest BCUT2D eigenvalue weighted by molar-refractivity contribution is 9.10. The Morgan fingerprint density at radius 2 is 2.05 bits per heavy atom. The summed E-state index contributed by atoms with van der Waals surface area (Å²) in [5.41, 5.74) is 1.77. The maximum atomic E-state index is 12.1. The van der Waals surface area contributed by atoms with Crippen LogP contribution >= 0.6 is 15.9 Å². The first-order chi connectivity index (χ1) is 9.16. The number of likely N-dealkylation sites (tertiary alicyclic amines) is 1. The molecule has 0 saturated carbocycles. The number of aryl methyl sites for hydroxylation is 1. The number of nitrogens with one attached hydrogen (secondary N) is 1. The van der Waals surface area contributed by atoms with Crippen molar-refractivity contribution in [3.63, 3.8) is 0 Å². The first-order valence-corrected chi connectivity index (χ1v) is 7.73. The smallest absolute Gasteiger partial charge is 0.251 e. The third-order valence-electron chi connectivity index (χ3n) is 3.61. The molecule has 4 heteroatoms. The zero-order valence-electron chi connectivity index (χ0n) is 11.4. The van der Waals surface area contributed by atoms with E-state index in [1.807, 2.05) is 25.1 Å². The Bertz CT molecular complexity index is 442. The largest absolute Gasteiger partial charge is 0.351 e. The zero-order valence-corrected chi connectivity index (χ0v) is 13.0. The van der Waals surface area contributed by atoms with Gasteiger partial charge in [0.2, 0.25) is 0 Å². The molecule has 0 unspecified atom stereocenters. The number of rotatable bonds is 4. The fraction of sp³-hybridized carbons (Fsp3) is 0.533. The minimum absolute atomic E-state index is 0.0239. The highest BCUT2D eigenvalue weighted by Crippen LogP contribution is 2.15. The summed E-state index contributed by atoms with van der Waals surface area (Å²) >= 11 is 3.41. The van der Waals surface area contributed by atoms with Gasteiger partial charge in [0.25, 0.3) is 5.91 Å². The Morgan fingerprint density at radius 1 is 1.32 bits per heavy atom. The zero-order chi connectivity index (χ0) is 13.7. The van der Waals surface area contributed by atoms with E-state index in [1.54, 1.807) is 0 Å². The summed E-state index contributed by atoms with van der Waals surface area (Å²) in [6.07, 6.45) is 3.93. The lowest BCUT2D eigenvalue weighted by atomic mass is 10.1. The molecule has 1 aromatic rings. The monoisotopic (exact) mass is 324 g/mol. The first kappa shape index (κ1) is 14.5. The molecular formula is C15H21BrN2O. The van der Waals surface area contributed by atoms with Crippen LogP contribution in [0.2, 0.25) is 0 Å². The van der Waals surface area contributed by atoms with Crippen LogP contribution in [-0.4, -0.2) is 37.0 Å². The first-order valence-electron chi connectivity index (χ1n) is 6.93. The van der Waals surface area contributed by atoms with E-state index in [0.29, 0.717) is 0 Å². The Hall–Kier alpha value is -0.870. The van der Waals surface area contributed by atoms with Crippen molar-refractivity contribution in [2.45, 2.75) is 26.2 Å². The predicted octanol–water partition coefficient (Wildman–Crippen LogP) is 2.97. The van der Waals surface area contributed by atoms with Crippen molar-refractivity contribution >= 4 is 21.8 Å². The summed E-state index contributed by atoms with van der Waals surface area (Å²) in [4.78, 5) is 14.5. The molecule has 3 nitrogen and oxygen atoms in total. The quantitative estimate of drug-likeness (QED) is 0.923. The lowest BCUT2D eigenvalue weighted by molar-refractivity contribution is 0.0946. The van der Waals surface area contributed by atoms with Crippen LogP contribution in [0.4, 0.5) is 0 Å². The van der Waals surface area contributed by atoms with E-state index in [-0.39, 0.29) is 5.91 Å². The van der Waals surface area contributed by atoms with Gasteiger partial charge in [-0.3, -0.25) is 4.79 Å². The fourth-order valence-corrected chi connectivity index (χ4v) is 2.81. The maximum absolute atomic E-state index is 12.1. The maximum Gasteiger partial charge on any atom is 0.251 e. The van der Waals surface area contributed by atoms with E-state index >= 15 is 0 Å². The fourth-order valence-electron chi connectivity index (χ4n) is 2.44. The molecule has 1 aliphatic rings. The third-order valence-corrected chi connectivity index (χ3v) is 4.10. The second-order valence-corrected chi connectivity index (χ2v) is 6.03. The molecule has 1 amide bonds. The van der Waals surface area contributed by atoms with Gasteiger partial charge >= 0.3 is 0 Å². The molecule has 0 aromatic heterocycles. The van der Waals surface area contributed by atoms with Crippen LogP contribution < -0.4 is 5.32 Å². The molecule has 0 bridgehead atoms. The Labute approximate surface area is 123 Å². The van der Waals surface area contributed by atoms with Gasteiger partial charge < -0.3 is 10.2 Å². The highest BCUT2D eigenvalue weighted by atomic mass is 79.9. The van der Waals surface area contributed by atoms with Gasteiger partial charge in [-0.1, -0.05) is 28.4 Å². The summed E-state index contributed by atoms with van der Waals surface area (Å²) in [5.74, 6) is 0.0239. The van der Waals surface area contributed by atoms with Gasteiger partial charge in [-0.2, -0.15) is 0 Å². The van der Waals surface area contributed by atoms with Gasteiger partial charge in [-0.05, 0) is 50.6 Å². The van der Waals surface area contributed by atoms with Crippen LogP contribution in [-0.2, 0) is 0 Å². The topological polar surface area (TPSA) is 32.3 Å². The van der Waals surface area contributed by atoms with Crippen molar-refractivity contribution in [3.05, 3.63) is 33.8 Å². The molecule has 104 valence electrons. The molecule has 19 heavy (non-hydrogen) atoms. The van der Waals surface area contributed by atoms with Crippen LogP contribution in [0.15, 0.2) is 22.7 Å². The summed E-state index contributed by atoms with van der Waals surface area (Å²) in [6, 6.07) is 5.80. The molecule has 0 atom stereocenters. The number of halogens is 1. The van der Waals surface area contributed by atoms with Gasteiger partial charge in [-0.25, -0.2) is 0 Å². The van der Waals surface area contributed by atoms with Gasteiger partial charge in [0, 0.05) is 23.1 Å². The van der Waals surface area contributed by atoms with E-state index in [0.717, 1.165) is 28.7 Å². The molecule has 0 radical (unpaired) electrons. The number of carbonyl (C=O) groups is 1. The highest BCUT2D eigenvalue weighted by Gasteiger charge is 2.12. The number of nitrogens with zero attached hydrogens (tertiary/aromatic N) is 1. The van der Waals surface area contributed by atoms with E-state index in [9.17, 15) is 4.79 Å². The van der Waals surface area contributed by atoms with Crippen molar-refractivity contribution in [1.29, 1.82) is 0 Å². The summed E-state index contributed by atoms with van der Waals surface area (Å²) < 4.78 is 0.944. The van der Waals surface area contributed by atoms with Crippen LogP contribution in [0.5, 0.6) is 0 Å². The molecule has 1 aliphatic heterocycles. The average molecular weight is 325 g/mol. The molecule has 1 N–H and O–H groups in total. The molecule has 2 rings (SSSR count). The standard InChI is InChI=1S/C15H21BrN2O/c1-12-5-6-13(16)11-14(12)15(19)17-7-10-18-8-3-2-4-9-18/h5-6,11H,2-4,7-10H2,1H3,(H,17,19). The van der Waals surface area contributed by atoms with E-state index in [4.69, 9.17) is 0 Å². The lowest BCUT2D eigenvalue weighted by Crippen LogP contribution is -2.37. The molecule has 1 aromatic carbocycles. The number of carbonyl (C=O) groups excluding carboxylic acids is 1. The molecule has 0 aliphatic carbocycles. The predicted molar refractivity (Wildman–Crippen MR) is 81.5 cm³/mol. The molecule has 1 heterocycles. The van der Waals surface area contributed by atoms with Crippen molar-refractivity contribution in [1.82, 2.24) is 10.2 Å². The second-order valence-electron chi connectivity index (χ2n) is 5.12. The minimum atomic E-state index is 0.0239. The molecular weight excluding hydrogens is 304 g/mol. The van der Waals surface area contributed by atoms with E-state index < -0.39 is 0 Å². The van der Waals surface area contributed by atoms with Crippen molar-refractivity contribution in [2.24, 2.45) is 0 Å². The van der Waals surface area contributed by atoms with Crippen molar-refractivity contribution in [3.8, 4) is 0 Å².